The number of hydrogen-bond acceptors (Lipinski definition) is 2. The first-order valence-corrected chi connectivity index (χ1v) is 6.87. The highest BCUT2D eigenvalue weighted by atomic mass is 79.9. The highest BCUT2D eigenvalue weighted by Crippen LogP contribution is 2.17. The Morgan fingerprint density at radius 1 is 1.39 bits per heavy atom. The average molecular weight is 315 g/mol. The SMILES string of the molecule is CCN(CC)C(=O)NCCOc1cccc(Br)c1. The first-order chi connectivity index (χ1) is 8.67. The van der Waals surface area contributed by atoms with Crippen molar-refractivity contribution >= 4 is 22.0 Å². The highest BCUT2D eigenvalue weighted by Gasteiger charge is 2.07. The molecule has 0 unspecified atom stereocenters. The third-order valence-electron chi connectivity index (χ3n) is 2.49. The van der Waals surface area contributed by atoms with Gasteiger partial charge in [0.05, 0.1) is 6.54 Å². The molecule has 0 atom stereocenters. The zero-order chi connectivity index (χ0) is 13.4. The largest absolute Gasteiger partial charge is 0.492 e. The van der Waals surface area contributed by atoms with Gasteiger partial charge in [-0.1, -0.05) is 22.0 Å². The number of carbonyl (C=O) groups excluding carboxylic acids is 1. The van der Waals surface area contributed by atoms with Gasteiger partial charge in [-0.2, -0.15) is 0 Å². The first kappa shape index (κ1) is 14.8. The van der Waals surface area contributed by atoms with Gasteiger partial charge in [0.1, 0.15) is 12.4 Å². The number of halogens is 1. The van der Waals surface area contributed by atoms with Crippen LogP contribution >= 0.6 is 15.9 Å². The molecule has 0 bridgehead atoms. The Morgan fingerprint density at radius 2 is 2.11 bits per heavy atom. The quantitative estimate of drug-likeness (QED) is 0.820. The number of hydrogen-bond donors (Lipinski definition) is 1. The van der Waals surface area contributed by atoms with E-state index in [4.69, 9.17) is 4.74 Å². The minimum absolute atomic E-state index is 0.0437. The van der Waals surface area contributed by atoms with Gasteiger partial charge in [-0.25, -0.2) is 4.79 Å². The van der Waals surface area contributed by atoms with Crippen LogP contribution in [0.5, 0.6) is 5.75 Å². The minimum Gasteiger partial charge on any atom is -0.492 e. The molecular formula is C13H19BrN2O2. The lowest BCUT2D eigenvalue weighted by Gasteiger charge is -2.19. The zero-order valence-corrected chi connectivity index (χ0v) is 12.4. The third kappa shape index (κ3) is 4.96. The molecule has 1 aromatic rings. The van der Waals surface area contributed by atoms with Gasteiger partial charge in [-0.05, 0) is 32.0 Å². The normalized spacial score (nSPS) is 9.94. The summed E-state index contributed by atoms with van der Waals surface area (Å²) >= 11 is 3.38. The van der Waals surface area contributed by atoms with E-state index in [0.717, 1.165) is 23.3 Å². The van der Waals surface area contributed by atoms with Crippen LogP contribution in [0.3, 0.4) is 0 Å². The fourth-order valence-electron chi connectivity index (χ4n) is 1.51. The van der Waals surface area contributed by atoms with Crippen LogP contribution < -0.4 is 10.1 Å². The van der Waals surface area contributed by atoms with Gasteiger partial charge in [-0.15, -0.1) is 0 Å². The van der Waals surface area contributed by atoms with Crippen LogP contribution in [0.25, 0.3) is 0 Å². The lowest BCUT2D eigenvalue weighted by molar-refractivity contribution is 0.200. The molecule has 5 heteroatoms. The van der Waals surface area contributed by atoms with Crippen LogP contribution in [0.15, 0.2) is 28.7 Å². The molecule has 18 heavy (non-hydrogen) atoms. The molecule has 0 saturated carbocycles. The molecule has 0 aliphatic heterocycles. The molecule has 0 heterocycles. The van der Waals surface area contributed by atoms with Crippen molar-refractivity contribution in [2.45, 2.75) is 13.8 Å². The maximum atomic E-state index is 11.6. The van der Waals surface area contributed by atoms with E-state index in [1.54, 1.807) is 4.90 Å². The highest BCUT2D eigenvalue weighted by molar-refractivity contribution is 9.10. The smallest absolute Gasteiger partial charge is 0.317 e. The Balaban J connectivity index is 2.24. The summed E-state index contributed by atoms with van der Waals surface area (Å²) in [5.41, 5.74) is 0. The van der Waals surface area contributed by atoms with E-state index in [9.17, 15) is 4.79 Å². The maximum Gasteiger partial charge on any atom is 0.317 e. The first-order valence-electron chi connectivity index (χ1n) is 6.08. The minimum atomic E-state index is -0.0437. The number of urea groups is 1. The van der Waals surface area contributed by atoms with Crippen LogP contribution in [0.4, 0.5) is 4.79 Å². The van der Waals surface area contributed by atoms with E-state index < -0.39 is 0 Å². The van der Waals surface area contributed by atoms with E-state index in [-0.39, 0.29) is 6.03 Å². The van der Waals surface area contributed by atoms with E-state index in [1.807, 2.05) is 38.1 Å². The predicted molar refractivity (Wildman–Crippen MR) is 76.0 cm³/mol. The molecule has 0 saturated heterocycles. The second-order valence-electron chi connectivity index (χ2n) is 3.71. The lowest BCUT2D eigenvalue weighted by atomic mass is 10.3. The third-order valence-corrected chi connectivity index (χ3v) is 2.99. The van der Waals surface area contributed by atoms with Gasteiger partial charge in [-0.3, -0.25) is 0 Å². The van der Waals surface area contributed by atoms with Crippen molar-refractivity contribution in [3.05, 3.63) is 28.7 Å². The van der Waals surface area contributed by atoms with Gasteiger partial charge in [0.2, 0.25) is 0 Å². The monoisotopic (exact) mass is 314 g/mol. The molecule has 4 nitrogen and oxygen atoms in total. The van der Waals surface area contributed by atoms with Crippen molar-refractivity contribution in [2.24, 2.45) is 0 Å². The van der Waals surface area contributed by atoms with Crippen LogP contribution in [-0.4, -0.2) is 37.2 Å². The van der Waals surface area contributed by atoms with Gasteiger partial charge >= 0.3 is 6.03 Å². The van der Waals surface area contributed by atoms with E-state index in [0.29, 0.717) is 13.2 Å². The van der Waals surface area contributed by atoms with Crippen molar-refractivity contribution < 1.29 is 9.53 Å². The number of rotatable bonds is 6. The van der Waals surface area contributed by atoms with Gasteiger partial charge in [0.15, 0.2) is 0 Å². The van der Waals surface area contributed by atoms with E-state index in [1.165, 1.54) is 0 Å². The summed E-state index contributed by atoms with van der Waals surface area (Å²) in [5, 5.41) is 2.82. The molecule has 0 aliphatic carbocycles. The van der Waals surface area contributed by atoms with Gasteiger partial charge in [0.25, 0.3) is 0 Å². The average Bonchev–Trinajstić information content (AvgIpc) is 2.36. The Labute approximate surface area is 116 Å². The Bertz CT molecular complexity index is 381. The topological polar surface area (TPSA) is 41.6 Å². The summed E-state index contributed by atoms with van der Waals surface area (Å²) in [6, 6.07) is 7.59. The fraction of sp³-hybridized carbons (Fsp3) is 0.462. The standard InChI is InChI=1S/C13H19BrN2O2/c1-3-16(4-2)13(17)15-8-9-18-12-7-5-6-11(14)10-12/h5-7,10H,3-4,8-9H2,1-2H3,(H,15,17). The predicted octanol–water partition coefficient (Wildman–Crippen LogP) is 2.88. The van der Waals surface area contributed by atoms with Crippen molar-refractivity contribution in [1.29, 1.82) is 0 Å². The fourth-order valence-corrected chi connectivity index (χ4v) is 1.88. The molecule has 1 aromatic carbocycles. The van der Waals surface area contributed by atoms with Crippen LogP contribution in [0.1, 0.15) is 13.8 Å². The van der Waals surface area contributed by atoms with Gasteiger partial charge in [0, 0.05) is 17.6 Å². The number of ether oxygens (including phenoxy) is 1. The van der Waals surface area contributed by atoms with Crippen molar-refractivity contribution in [3.8, 4) is 5.75 Å². The van der Waals surface area contributed by atoms with Crippen LogP contribution in [0.2, 0.25) is 0 Å². The number of amides is 2. The molecule has 1 N–H and O–H groups in total. The summed E-state index contributed by atoms with van der Waals surface area (Å²) in [4.78, 5) is 13.4. The molecular weight excluding hydrogens is 296 g/mol. The van der Waals surface area contributed by atoms with Crippen LogP contribution in [0, 0.1) is 0 Å². The molecule has 0 aliphatic rings. The number of nitrogens with zero attached hydrogens (tertiary/aromatic N) is 1. The zero-order valence-electron chi connectivity index (χ0n) is 10.8. The van der Waals surface area contributed by atoms with E-state index in [2.05, 4.69) is 21.2 Å². The van der Waals surface area contributed by atoms with Crippen molar-refractivity contribution in [1.82, 2.24) is 10.2 Å². The summed E-state index contributed by atoms with van der Waals surface area (Å²) < 4.78 is 6.50. The number of carbonyl (C=O) groups is 1. The number of benzene rings is 1. The van der Waals surface area contributed by atoms with Crippen molar-refractivity contribution in [3.63, 3.8) is 0 Å². The molecule has 100 valence electrons. The Hall–Kier alpha value is -1.23. The molecule has 0 aromatic heterocycles. The second-order valence-corrected chi connectivity index (χ2v) is 4.63. The molecule has 2 amide bonds. The lowest BCUT2D eigenvalue weighted by Crippen LogP contribution is -2.41. The second kappa shape index (κ2) is 7.97. The summed E-state index contributed by atoms with van der Waals surface area (Å²) in [6.45, 7) is 6.32. The summed E-state index contributed by atoms with van der Waals surface area (Å²) in [5.74, 6) is 0.793. The molecule has 0 radical (unpaired) electrons. The molecule has 1 rings (SSSR count). The molecule has 0 fully saturated rings. The maximum absolute atomic E-state index is 11.6. The molecule has 0 spiro atoms. The Morgan fingerprint density at radius 3 is 2.72 bits per heavy atom. The van der Waals surface area contributed by atoms with Gasteiger partial charge < -0.3 is 15.0 Å². The number of nitrogens with one attached hydrogen (secondary N) is 1. The van der Waals surface area contributed by atoms with E-state index >= 15 is 0 Å². The van der Waals surface area contributed by atoms with Crippen LogP contribution in [-0.2, 0) is 0 Å². The summed E-state index contributed by atoms with van der Waals surface area (Å²) in [7, 11) is 0. The van der Waals surface area contributed by atoms with Crippen molar-refractivity contribution in [2.75, 3.05) is 26.2 Å². The Kier molecular flexibility index (Phi) is 6.57. The summed E-state index contributed by atoms with van der Waals surface area (Å²) in [6.07, 6.45) is 0.